The summed E-state index contributed by atoms with van der Waals surface area (Å²) < 4.78 is 2.28. The van der Waals surface area contributed by atoms with Crippen molar-refractivity contribution >= 4 is 12.2 Å². The Morgan fingerprint density at radius 3 is 2.61 bits per heavy atom. The summed E-state index contributed by atoms with van der Waals surface area (Å²) in [4.78, 5) is 0. The first-order chi connectivity index (χ1) is 8.45. The van der Waals surface area contributed by atoms with Crippen molar-refractivity contribution in [1.29, 1.82) is 0 Å². The van der Waals surface area contributed by atoms with Gasteiger partial charge in [-0.05, 0) is 29.3 Å². The Morgan fingerprint density at radius 2 is 2.00 bits per heavy atom. The van der Waals surface area contributed by atoms with Gasteiger partial charge in [0.2, 0.25) is 0 Å². The zero-order chi connectivity index (χ0) is 13.3. The normalized spacial score (nSPS) is 11.8. The van der Waals surface area contributed by atoms with E-state index in [1.807, 2.05) is 18.2 Å². The summed E-state index contributed by atoms with van der Waals surface area (Å²) in [5.41, 5.74) is 2.13. The van der Waals surface area contributed by atoms with Crippen molar-refractivity contribution in [3.8, 4) is 5.69 Å². The largest absolute Gasteiger partial charge is 0.388 e. The molecule has 1 aromatic carbocycles. The average molecular weight is 263 g/mol. The van der Waals surface area contributed by atoms with Crippen LogP contribution in [0.25, 0.3) is 5.69 Å². The summed E-state index contributed by atoms with van der Waals surface area (Å²) >= 11 is 5.24. The third-order valence-corrected chi connectivity index (χ3v) is 3.11. The molecule has 2 aromatic rings. The van der Waals surface area contributed by atoms with E-state index in [0.717, 1.165) is 11.3 Å². The Kier molecular flexibility index (Phi) is 3.36. The van der Waals surface area contributed by atoms with Crippen LogP contribution >= 0.6 is 12.2 Å². The molecule has 0 spiro atoms. The van der Waals surface area contributed by atoms with Gasteiger partial charge in [0.25, 0.3) is 0 Å². The molecule has 96 valence electrons. The van der Waals surface area contributed by atoms with Gasteiger partial charge in [0, 0.05) is 0 Å². The van der Waals surface area contributed by atoms with Crippen molar-refractivity contribution < 1.29 is 5.11 Å². The molecule has 0 saturated heterocycles. The first kappa shape index (κ1) is 13.0. The van der Waals surface area contributed by atoms with E-state index in [4.69, 9.17) is 12.2 Å². The molecule has 0 unspecified atom stereocenters. The van der Waals surface area contributed by atoms with Gasteiger partial charge < -0.3 is 5.11 Å². The van der Waals surface area contributed by atoms with Crippen LogP contribution in [-0.2, 0) is 12.0 Å². The Morgan fingerprint density at radius 1 is 1.33 bits per heavy atom. The fourth-order valence-electron chi connectivity index (χ4n) is 1.99. The highest BCUT2D eigenvalue weighted by molar-refractivity contribution is 7.71. The van der Waals surface area contributed by atoms with Crippen molar-refractivity contribution in [3.63, 3.8) is 0 Å². The standard InChI is InChI=1S/C13H17N3OS/c1-13(2,3)9-6-4-5-7-10(9)16-11(8-17)14-15-12(16)18/h4-7,17H,8H2,1-3H3,(H,15,18). The van der Waals surface area contributed by atoms with E-state index in [2.05, 4.69) is 37.0 Å². The molecule has 1 aromatic heterocycles. The summed E-state index contributed by atoms with van der Waals surface area (Å²) in [6.07, 6.45) is 0. The molecule has 0 saturated carbocycles. The van der Waals surface area contributed by atoms with Crippen LogP contribution in [0.15, 0.2) is 24.3 Å². The van der Waals surface area contributed by atoms with Gasteiger partial charge >= 0.3 is 0 Å². The number of H-pyrrole nitrogens is 1. The summed E-state index contributed by atoms with van der Waals surface area (Å²) in [6.45, 7) is 6.29. The maximum atomic E-state index is 9.34. The van der Waals surface area contributed by atoms with Gasteiger partial charge in [-0.3, -0.25) is 9.67 Å². The van der Waals surface area contributed by atoms with Crippen molar-refractivity contribution in [2.75, 3.05) is 0 Å². The minimum Gasteiger partial charge on any atom is -0.388 e. The zero-order valence-corrected chi connectivity index (χ0v) is 11.6. The average Bonchev–Trinajstić information content (AvgIpc) is 2.69. The molecule has 5 heteroatoms. The van der Waals surface area contributed by atoms with E-state index in [1.165, 1.54) is 0 Å². The van der Waals surface area contributed by atoms with E-state index < -0.39 is 0 Å². The van der Waals surface area contributed by atoms with Crippen LogP contribution in [-0.4, -0.2) is 19.9 Å². The molecule has 0 amide bonds. The monoisotopic (exact) mass is 263 g/mol. The highest BCUT2D eigenvalue weighted by Crippen LogP contribution is 2.28. The Balaban J connectivity index is 2.72. The first-order valence-corrected chi connectivity index (χ1v) is 6.23. The predicted molar refractivity (Wildman–Crippen MR) is 73.4 cm³/mol. The third-order valence-electron chi connectivity index (χ3n) is 2.84. The molecule has 0 atom stereocenters. The fourth-order valence-corrected chi connectivity index (χ4v) is 2.24. The van der Waals surface area contributed by atoms with Gasteiger partial charge in [0.15, 0.2) is 10.6 Å². The van der Waals surface area contributed by atoms with Crippen LogP contribution in [0.5, 0.6) is 0 Å². The van der Waals surface area contributed by atoms with Crippen LogP contribution in [0.2, 0.25) is 0 Å². The SMILES string of the molecule is CC(C)(C)c1ccccc1-n1c(CO)n[nH]c1=S. The zero-order valence-electron chi connectivity index (χ0n) is 10.8. The number of hydrogen-bond donors (Lipinski definition) is 2. The Labute approximate surface area is 111 Å². The van der Waals surface area contributed by atoms with Crippen molar-refractivity contribution in [1.82, 2.24) is 14.8 Å². The van der Waals surface area contributed by atoms with Gasteiger partial charge in [-0.25, -0.2) is 0 Å². The van der Waals surface area contributed by atoms with Gasteiger partial charge in [0.05, 0.1) is 5.69 Å². The van der Waals surface area contributed by atoms with Gasteiger partial charge in [-0.2, -0.15) is 5.10 Å². The number of aromatic nitrogens is 3. The molecule has 0 aliphatic carbocycles. The highest BCUT2D eigenvalue weighted by Gasteiger charge is 2.20. The number of aromatic amines is 1. The molecule has 2 N–H and O–H groups in total. The predicted octanol–water partition coefficient (Wildman–Crippen LogP) is 2.72. The van der Waals surface area contributed by atoms with Crippen molar-refractivity contribution in [2.45, 2.75) is 32.8 Å². The van der Waals surface area contributed by atoms with Gasteiger partial charge in [0.1, 0.15) is 6.61 Å². The fraction of sp³-hybridized carbons (Fsp3) is 0.385. The number of nitrogens with zero attached hydrogens (tertiary/aromatic N) is 2. The van der Waals surface area contributed by atoms with Crippen LogP contribution in [0.4, 0.5) is 0 Å². The van der Waals surface area contributed by atoms with Crippen LogP contribution in [0.3, 0.4) is 0 Å². The maximum Gasteiger partial charge on any atom is 0.199 e. The first-order valence-electron chi connectivity index (χ1n) is 5.82. The number of aliphatic hydroxyl groups excluding tert-OH is 1. The molecule has 4 nitrogen and oxygen atoms in total. The Hall–Kier alpha value is -1.46. The molecule has 0 aliphatic heterocycles. The molecule has 0 aliphatic rings. The van der Waals surface area contributed by atoms with Crippen LogP contribution in [0, 0.1) is 4.77 Å². The summed E-state index contributed by atoms with van der Waals surface area (Å²) in [5.74, 6) is 0.525. The van der Waals surface area contributed by atoms with Crippen molar-refractivity contribution in [3.05, 3.63) is 40.4 Å². The molecular formula is C13H17N3OS. The maximum absolute atomic E-state index is 9.34. The second-order valence-electron chi connectivity index (χ2n) is 5.21. The molecular weight excluding hydrogens is 246 g/mol. The molecule has 2 rings (SSSR count). The Bertz CT molecular complexity index is 607. The number of aliphatic hydroxyl groups is 1. The van der Waals surface area contributed by atoms with Crippen LogP contribution < -0.4 is 0 Å². The smallest absolute Gasteiger partial charge is 0.199 e. The van der Waals surface area contributed by atoms with E-state index in [0.29, 0.717) is 10.6 Å². The van der Waals surface area contributed by atoms with E-state index in [9.17, 15) is 5.11 Å². The minimum absolute atomic E-state index is 0.00460. The summed E-state index contributed by atoms with van der Waals surface area (Å²) in [7, 11) is 0. The lowest BCUT2D eigenvalue weighted by molar-refractivity contribution is 0.268. The molecule has 0 bridgehead atoms. The second kappa shape index (κ2) is 4.66. The quantitative estimate of drug-likeness (QED) is 0.819. The lowest BCUT2D eigenvalue weighted by atomic mass is 9.86. The number of hydrogen-bond acceptors (Lipinski definition) is 3. The minimum atomic E-state index is -0.147. The molecule has 0 radical (unpaired) electrons. The lowest BCUT2D eigenvalue weighted by Gasteiger charge is -2.23. The number of nitrogens with one attached hydrogen (secondary N) is 1. The van der Waals surface area contributed by atoms with E-state index in [-0.39, 0.29) is 12.0 Å². The van der Waals surface area contributed by atoms with Gasteiger partial charge in [-0.1, -0.05) is 39.0 Å². The van der Waals surface area contributed by atoms with E-state index >= 15 is 0 Å². The lowest BCUT2D eigenvalue weighted by Crippen LogP contribution is -2.16. The highest BCUT2D eigenvalue weighted by atomic mass is 32.1. The topological polar surface area (TPSA) is 53.8 Å². The number of benzene rings is 1. The number of rotatable bonds is 2. The summed E-state index contributed by atoms with van der Waals surface area (Å²) in [5, 5.41) is 16.1. The molecule has 1 heterocycles. The second-order valence-corrected chi connectivity index (χ2v) is 5.59. The van der Waals surface area contributed by atoms with E-state index in [1.54, 1.807) is 4.57 Å². The molecule has 0 fully saturated rings. The van der Waals surface area contributed by atoms with Gasteiger partial charge in [-0.15, -0.1) is 0 Å². The van der Waals surface area contributed by atoms with Crippen LogP contribution in [0.1, 0.15) is 32.2 Å². The van der Waals surface area contributed by atoms with Crippen molar-refractivity contribution in [2.24, 2.45) is 0 Å². The third kappa shape index (κ3) is 2.23. The number of para-hydroxylation sites is 1. The summed E-state index contributed by atoms with van der Waals surface area (Å²) in [6, 6.07) is 8.03. The molecule has 18 heavy (non-hydrogen) atoms.